The summed E-state index contributed by atoms with van der Waals surface area (Å²) in [6.07, 6.45) is 12.3. The summed E-state index contributed by atoms with van der Waals surface area (Å²) in [5.41, 5.74) is 6.22. The number of allylic oxidation sites excluding steroid dienone is 1. The van der Waals surface area contributed by atoms with Crippen LogP contribution in [0, 0.1) is 0 Å². The summed E-state index contributed by atoms with van der Waals surface area (Å²) in [4.78, 5) is 0. The second kappa shape index (κ2) is 3.98. The standard InChI is InChI=1S/C18H18/c1-3-7-15-13(5-1)9-11-18-16-8-4-2-6-14(16)10-12-17(15)18/h3,7,9-12H,1-2,4-6,8H2. The lowest BCUT2D eigenvalue weighted by Gasteiger charge is -2.20. The fourth-order valence-corrected chi connectivity index (χ4v) is 3.58. The first kappa shape index (κ1) is 10.4. The van der Waals surface area contributed by atoms with Crippen molar-refractivity contribution in [2.45, 2.75) is 38.5 Å². The molecule has 0 saturated carbocycles. The van der Waals surface area contributed by atoms with E-state index in [4.69, 9.17) is 0 Å². The van der Waals surface area contributed by atoms with E-state index < -0.39 is 0 Å². The average Bonchev–Trinajstić information content (AvgIpc) is 2.46. The lowest BCUT2D eigenvalue weighted by Crippen LogP contribution is -2.04. The smallest absolute Gasteiger partial charge is 0.0106 e. The maximum atomic E-state index is 2.37. The van der Waals surface area contributed by atoms with Crippen LogP contribution in [0.4, 0.5) is 0 Å². The fourth-order valence-electron chi connectivity index (χ4n) is 3.58. The van der Waals surface area contributed by atoms with Crippen LogP contribution >= 0.6 is 0 Å². The quantitative estimate of drug-likeness (QED) is 0.621. The molecule has 2 aromatic rings. The van der Waals surface area contributed by atoms with Crippen LogP contribution in [0.3, 0.4) is 0 Å². The molecular weight excluding hydrogens is 216 g/mol. The first-order valence-electron chi connectivity index (χ1n) is 7.16. The molecule has 0 bridgehead atoms. The zero-order valence-corrected chi connectivity index (χ0v) is 10.7. The second-order valence-corrected chi connectivity index (χ2v) is 5.58. The number of fused-ring (bicyclic) bond motifs is 5. The maximum Gasteiger partial charge on any atom is -0.0106 e. The second-order valence-electron chi connectivity index (χ2n) is 5.58. The van der Waals surface area contributed by atoms with E-state index in [1.54, 1.807) is 11.1 Å². The van der Waals surface area contributed by atoms with Gasteiger partial charge in [-0.3, -0.25) is 0 Å². The number of hydrogen-bond donors (Lipinski definition) is 0. The molecule has 0 amide bonds. The monoisotopic (exact) mass is 234 g/mol. The number of rotatable bonds is 0. The largest absolute Gasteiger partial charge is 0.0836 e. The molecule has 0 heterocycles. The van der Waals surface area contributed by atoms with Gasteiger partial charge in [-0.2, -0.15) is 0 Å². The van der Waals surface area contributed by atoms with Crippen molar-refractivity contribution in [1.82, 2.24) is 0 Å². The van der Waals surface area contributed by atoms with E-state index in [1.807, 2.05) is 0 Å². The zero-order valence-electron chi connectivity index (χ0n) is 10.7. The van der Waals surface area contributed by atoms with E-state index in [1.165, 1.54) is 60.4 Å². The third-order valence-electron chi connectivity index (χ3n) is 4.53. The number of hydrogen-bond acceptors (Lipinski definition) is 0. The molecular formula is C18H18. The van der Waals surface area contributed by atoms with Crippen LogP contribution < -0.4 is 0 Å². The highest BCUT2D eigenvalue weighted by Gasteiger charge is 2.15. The minimum absolute atomic E-state index is 1.20. The molecule has 0 atom stereocenters. The summed E-state index contributed by atoms with van der Waals surface area (Å²) in [5.74, 6) is 0. The Kier molecular flexibility index (Phi) is 2.29. The molecule has 2 aliphatic rings. The van der Waals surface area contributed by atoms with Crippen molar-refractivity contribution in [2.75, 3.05) is 0 Å². The Morgan fingerprint density at radius 1 is 0.722 bits per heavy atom. The first-order chi connectivity index (χ1) is 8.93. The summed E-state index contributed by atoms with van der Waals surface area (Å²) < 4.78 is 0. The summed E-state index contributed by atoms with van der Waals surface area (Å²) in [6, 6.07) is 9.46. The molecule has 0 fully saturated rings. The molecule has 2 aliphatic carbocycles. The summed E-state index contributed by atoms with van der Waals surface area (Å²) in [7, 11) is 0. The molecule has 0 nitrogen and oxygen atoms in total. The highest BCUT2D eigenvalue weighted by Crippen LogP contribution is 2.34. The maximum absolute atomic E-state index is 2.37. The molecule has 0 radical (unpaired) electrons. The van der Waals surface area contributed by atoms with E-state index in [2.05, 4.69) is 36.4 Å². The van der Waals surface area contributed by atoms with Gasteiger partial charge in [-0.1, -0.05) is 36.4 Å². The van der Waals surface area contributed by atoms with Gasteiger partial charge in [0.15, 0.2) is 0 Å². The molecule has 4 rings (SSSR count). The lowest BCUT2D eigenvalue weighted by atomic mass is 9.84. The van der Waals surface area contributed by atoms with Crippen molar-refractivity contribution in [3.8, 4) is 0 Å². The lowest BCUT2D eigenvalue weighted by molar-refractivity contribution is 0.690. The van der Waals surface area contributed by atoms with Crippen molar-refractivity contribution < 1.29 is 0 Å². The topological polar surface area (TPSA) is 0 Å². The van der Waals surface area contributed by atoms with Gasteiger partial charge in [0.1, 0.15) is 0 Å². The number of aryl methyl sites for hydroxylation is 3. The first-order valence-corrected chi connectivity index (χ1v) is 7.16. The van der Waals surface area contributed by atoms with Crippen molar-refractivity contribution >= 4 is 16.8 Å². The fraction of sp³-hybridized carbons (Fsp3) is 0.333. The van der Waals surface area contributed by atoms with Crippen LogP contribution in [0.15, 0.2) is 30.3 Å². The Morgan fingerprint density at radius 2 is 1.56 bits per heavy atom. The van der Waals surface area contributed by atoms with Crippen LogP contribution in [0.25, 0.3) is 16.8 Å². The third kappa shape index (κ3) is 1.45. The van der Waals surface area contributed by atoms with Gasteiger partial charge in [0.25, 0.3) is 0 Å². The van der Waals surface area contributed by atoms with Gasteiger partial charge < -0.3 is 0 Å². The van der Waals surface area contributed by atoms with Gasteiger partial charge in [-0.15, -0.1) is 0 Å². The van der Waals surface area contributed by atoms with Gasteiger partial charge in [0, 0.05) is 0 Å². The minimum Gasteiger partial charge on any atom is -0.0836 e. The molecule has 0 saturated heterocycles. The van der Waals surface area contributed by atoms with E-state index in [0.29, 0.717) is 0 Å². The predicted octanol–water partition coefficient (Wildman–Crippen LogP) is 4.68. The Labute approximate surface area is 108 Å². The van der Waals surface area contributed by atoms with Crippen LogP contribution in [0.2, 0.25) is 0 Å². The Bertz CT molecular complexity index is 647. The Hall–Kier alpha value is -1.56. The van der Waals surface area contributed by atoms with Crippen LogP contribution in [0.1, 0.15) is 41.5 Å². The highest BCUT2D eigenvalue weighted by atomic mass is 14.2. The number of benzene rings is 2. The van der Waals surface area contributed by atoms with Crippen molar-refractivity contribution in [2.24, 2.45) is 0 Å². The molecule has 0 aliphatic heterocycles. The summed E-state index contributed by atoms with van der Waals surface area (Å²) in [6.45, 7) is 0. The van der Waals surface area contributed by atoms with Crippen LogP contribution in [-0.2, 0) is 19.3 Å². The minimum atomic E-state index is 1.20. The molecule has 2 aromatic carbocycles. The Morgan fingerprint density at radius 3 is 2.56 bits per heavy atom. The summed E-state index contributed by atoms with van der Waals surface area (Å²) >= 11 is 0. The van der Waals surface area contributed by atoms with Gasteiger partial charge in [0.05, 0.1) is 0 Å². The van der Waals surface area contributed by atoms with E-state index in [9.17, 15) is 0 Å². The summed E-state index contributed by atoms with van der Waals surface area (Å²) in [5, 5.41) is 2.99. The van der Waals surface area contributed by atoms with E-state index in [-0.39, 0.29) is 0 Å². The van der Waals surface area contributed by atoms with Crippen LogP contribution in [0.5, 0.6) is 0 Å². The molecule has 0 N–H and O–H groups in total. The molecule has 0 spiro atoms. The third-order valence-corrected chi connectivity index (χ3v) is 4.53. The average molecular weight is 234 g/mol. The van der Waals surface area contributed by atoms with Gasteiger partial charge in [0.2, 0.25) is 0 Å². The van der Waals surface area contributed by atoms with Gasteiger partial charge in [-0.05, 0) is 71.6 Å². The highest BCUT2D eigenvalue weighted by molar-refractivity contribution is 5.95. The molecule has 18 heavy (non-hydrogen) atoms. The predicted molar refractivity (Wildman–Crippen MR) is 77.9 cm³/mol. The van der Waals surface area contributed by atoms with E-state index >= 15 is 0 Å². The van der Waals surface area contributed by atoms with Crippen molar-refractivity contribution in [3.05, 3.63) is 52.6 Å². The molecule has 0 heteroatoms. The van der Waals surface area contributed by atoms with E-state index in [0.717, 1.165) is 0 Å². The van der Waals surface area contributed by atoms with Crippen molar-refractivity contribution in [3.63, 3.8) is 0 Å². The van der Waals surface area contributed by atoms with Crippen molar-refractivity contribution in [1.29, 1.82) is 0 Å². The molecule has 0 unspecified atom stereocenters. The SMILES string of the molecule is C1=Cc2c(ccc3c4c(ccc23)CCCC4)CC1. The molecule has 0 aromatic heterocycles. The van der Waals surface area contributed by atoms with Crippen LogP contribution in [-0.4, -0.2) is 0 Å². The Balaban J connectivity index is 2.05. The zero-order chi connectivity index (χ0) is 11.9. The normalized spacial score (nSPS) is 17.6. The molecule has 90 valence electrons. The van der Waals surface area contributed by atoms with Gasteiger partial charge >= 0.3 is 0 Å². The van der Waals surface area contributed by atoms with Gasteiger partial charge in [-0.25, -0.2) is 0 Å².